The Labute approximate surface area is 163 Å². The van der Waals surface area contributed by atoms with Gasteiger partial charge in [0.05, 0.1) is 11.8 Å². The number of hydrogen-bond acceptors (Lipinski definition) is 4. The molecule has 3 rings (SSSR count). The molecule has 0 aliphatic carbocycles. The number of amides is 1. The van der Waals surface area contributed by atoms with E-state index in [0.29, 0.717) is 16.9 Å². The number of nitrogens with zero attached hydrogens (tertiary/aromatic N) is 1. The van der Waals surface area contributed by atoms with E-state index in [1.165, 1.54) is 6.21 Å². The van der Waals surface area contributed by atoms with Crippen LogP contribution >= 0.6 is 0 Å². The zero-order valence-electron chi connectivity index (χ0n) is 15.7. The Kier molecular flexibility index (Phi) is 5.97. The Morgan fingerprint density at radius 1 is 0.929 bits per heavy atom. The second-order valence-electron chi connectivity index (χ2n) is 6.34. The molecule has 0 aromatic heterocycles. The highest BCUT2D eigenvalue weighted by Crippen LogP contribution is 2.15. The Bertz CT molecular complexity index is 1020. The van der Waals surface area contributed by atoms with Gasteiger partial charge < -0.3 is 4.74 Å². The van der Waals surface area contributed by atoms with Gasteiger partial charge in [0.25, 0.3) is 5.91 Å². The summed E-state index contributed by atoms with van der Waals surface area (Å²) in [4.78, 5) is 24.3. The van der Waals surface area contributed by atoms with Crippen LogP contribution in [0.4, 0.5) is 0 Å². The third kappa shape index (κ3) is 4.92. The van der Waals surface area contributed by atoms with Crippen molar-refractivity contribution < 1.29 is 14.3 Å². The quantitative estimate of drug-likeness (QED) is 0.314. The summed E-state index contributed by atoms with van der Waals surface area (Å²) in [5.41, 5.74) is 6.21. The van der Waals surface area contributed by atoms with Gasteiger partial charge in [-0.1, -0.05) is 35.9 Å². The van der Waals surface area contributed by atoms with Gasteiger partial charge in [0.1, 0.15) is 5.75 Å². The fourth-order valence-electron chi connectivity index (χ4n) is 2.60. The highest BCUT2D eigenvalue weighted by Gasteiger charge is 2.10. The first-order valence-corrected chi connectivity index (χ1v) is 8.81. The lowest BCUT2D eigenvalue weighted by Crippen LogP contribution is -2.17. The number of carbonyl (C=O) groups excluding carboxylic acids is 2. The van der Waals surface area contributed by atoms with Crippen molar-refractivity contribution in [2.24, 2.45) is 5.10 Å². The van der Waals surface area contributed by atoms with Crippen LogP contribution in [0.1, 0.15) is 37.4 Å². The van der Waals surface area contributed by atoms with Crippen LogP contribution in [0, 0.1) is 13.8 Å². The highest BCUT2D eigenvalue weighted by atomic mass is 16.5. The lowest BCUT2D eigenvalue weighted by molar-refractivity contribution is 0.0733. The van der Waals surface area contributed by atoms with E-state index >= 15 is 0 Å². The lowest BCUT2D eigenvalue weighted by atomic mass is 10.1. The summed E-state index contributed by atoms with van der Waals surface area (Å²) < 4.78 is 5.39. The number of aryl methyl sites for hydroxylation is 2. The molecule has 5 nitrogen and oxygen atoms in total. The highest BCUT2D eigenvalue weighted by molar-refractivity contribution is 5.95. The van der Waals surface area contributed by atoms with Crippen LogP contribution in [0.2, 0.25) is 0 Å². The molecule has 0 radical (unpaired) electrons. The molecule has 3 aromatic rings. The van der Waals surface area contributed by atoms with Crippen LogP contribution < -0.4 is 10.2 Å². The molecule has 0 unspecified atom stereocenters. The second kappa shape index (κ2) is 8.77. The van der Waals surface area contributed by atoms with Gasteiger partial charge in [0.15, 0.2) is 0 Å². The summed E-state index contributed by atoms with van der Waals surface area (Å²) in [6.07, 6.45) is 1.53. The number of esters is 1. The van der Waals surface area contributed by atoms with E-state index in [1.807, 2.05) is 38.1 Å². The Morgan fingerprint density at radius 3 is 2.39 bits per heavy atom. The van der Waals surface area contributed by atoms with Gasteiger partial charge in [-0.05, 0) is 67.4 Å². The predicted molar refractivity (Wildman–Crippen MR) is 109 cm³/mol. The normalized spacial score (nSPS) is 10.6. The second-order valence-corrected chi connectivity index (χ2v) is 6.34. The van der Waals surface area contributed by atoms with Crippen molar-refractivity contribution in [1.82, 2.24) is 5.43 Å². The Balaban J connectivity index is 1.58. The molecule has 0 aliphatic heterocycles. The molecular formula is C23H20N2O3. The molecule has 5 heteroatoms. The molecule has 0 saturated heterocycles. The minimum Gasteiger partial charge on any atom is -0.423 e. The van der Waals surface area contributed by atoms with Crippen LogP contribution in [-0.2, 0) is 0 Å². The third-order valence-corrected chi connectivity index (χ3v) is 4.12. The molecule has 0 saturated carbocycles. The van der Waals surface area contributed by atoms with Crippen molar-refractivity contribution in [3.05, 3.63) is 101 Å². The monoisotopic (exact) mass is 372 g/mol. The molecule has 0 aliphatic rings. The van der Waals surface area contributed by atoms with Gasteiger partial charge in [-0.2, -0.15) is 5.10 Å². The first-order chi connectivity index (χ1) is 13.5. The molecule has 28 heavy (non-hydrogen) atoms. The summed E-state index contributed by atoms with van der Waals surface area (Å²) in [5.74, 6) is -0.233. The smallest absolute Gasteiger partial charge is 0.343 e. The number of nitrogens with one attached hydrogen (secondary N) is 1. The molecule has 0 fully saturated rings. The van der Waals surface area contributed by atoms with Crippen LogP contribution in [0.15, 0.2) is 77.9 Å². The van der Waals surface area contributed by atoms with Crippen molar-refractivity contribution in [2.45, 2.75) is 13.8 Å². The zero-order chi connectivity index (χ0) is 19.9. The Morgan fingerprint density at radius 2 is 1.68 bits per heavy atom. The van der Waals surface area contributed by atoms with E-state index < -0.39 is 5.97 Å². The molecular weight excluding hydrogens is 352 g/mol. The molecule has 1 amide bonds. The molecule has 3 aromatic carbocycles. The van der Waals surface area contributed by atoms with Gasteiger partial charge in [-0.3, -0.25) is 4.79 Å². The maximum absolute atomic E-state index is 12.2. The molecule has 0 atom stereocenters. The average Bonchev–Trinajstić information content (AvgIpc) is 2.69. The van der Waals surface area contributed by atoms with E-state index in [1.54, 1.807) is 48.5 Å². The van der Waals surface area contributed by atoms with Crippen molar-refractivity contribution in [3.8, 4) is 5.75 Å². The number of hydrogen-bond donors (Lipinski definition) is 1. The SMILES string of the molecule is Cc1cccc(C(=O)NN=Cc2ccc(OC(=O)c3ccccc3C)cc2)c1. The summed E-state index contributed by atoms with van der Waals surface area (Å²) in [5, 5.41) is 3.97. The van der Waals surface area contributed by atoms with Gasteiger partial charge in [-0.15, -0.1) is 0 Å². The van der Waals surface area contributed by atoms with Gasteiger partial charge in [-0.25, -0.2) is 10.2 Å². The van der Waals surface area contributed by atoms with Crippen molar-refractivity contribution >= 4 is 18.1 Å². The maximum Gasteiger partial charge on any atom is 0.343 e. The van der Waals surface area contributed by atoms with Crippen molar-refractivity contribution in [3.63, 3.8) is 0 Å². The summed E-state index contributed by atoms with van der Waals surface area (Å²) in [7, 11) is 0. The van der Waals surface area contributed by atoms with Crippen molar-refractivity contribution in [1.29, 1.82) is 0 Å². The zero-order valence-corrected chi connectivity index (χ0v) is 15.7. The first-order valence-electron chi connectivity index (χ1n) is 8.81. The van der Waals surface area contributed by atoms with Crippen LogP contribution in [-0.4, -0.2) is 18.1 Å². The van der Waals surface area contributed by atoms with Crippen molar-refractivity contribution in [2.75, 3.05) is 0 Å². The number of carbonyl (C=O) groups is 2. The summed E-state index contributed by atoms with van der Waals surface area (Å²) in [6.45, 7) is 3.79. The molecule has 140 valence electrons. The first kappa shape index (κ1) is 19.0. The summed E-state index contributed by atoms with van der Waals surface area (Å²) >= 11 is 0. The predicted octanol–water partition coefficient (Wildman–Crippen LogP) is 4.29. The Hall–Kier alpha value is -3.73. The number of benzene rings is 3. The largest absolute Gasteiger partial charge is 0.423 e. The molecule has 0 bridgehead atoms. The van der Waals surface area contributed by atoms with Crippen LogP contribution in [0.25, 0.3) is 0 Å². The molecule has 0 spiro atoms. The maximum atomic E-state index is 12.2. The van der Waals surface area contributed by atoms with E-state index in [4.69, 9.17) is 4.74 Å². The minimum atomic E-state index is -0.398. The van der Waals surface area contributed by atoms with E-state index in [9.17, 15) is 9.59 Å². The van der Waals surface area contributed by atoms with E-state index in [0.717, 1.165) is 16.7 Å². The van der Waals surface area contributed by atoms with E-state index in [-0.39, 0.29) is 5.91 Å². The summed E-state index contributed by atoms with van der Waals surface area (Å²) in [6, 6.07) is 21.4. The third-order valence-electron chi connectivity index (χ3n) is 4.12. The van der Waals surface area contributed by atoms with Gasteiger partial charge in [0.2, 0.25) is 0 Å². The topological polar surface area (TPSA) is 67.8 Å². The fourth-order valence-corrected chi connectivity index (χ4v) is 2.60. The van der Waals surface area contributed by atoms with Crippen LogP contribution in [0.3, 0.4) is 0 Å². The lowest BCUT2D eigenvalue weighted by Gasteiger charge is -2.06. The fraction of sp³-hybridized carbons (Fsp3) is 0.0870. The molecule has 1 N–H and O–H groups in total. The number of hydrazone groups is 1. The standard InChI is InChI=1S/C23H20N2O3/c1-16-6-5-8-19(14-16)22(26)25-24-15-18-10-12-20(13-11-18)28-23(27)21-9-4-3-7-17(21)2/h3-15H,1-2H3,(H,25,26). The van der Waals surface area contributed by atoms with E-state index in [2.05, 4.69) is 10.5 Å². The molecule has 0 heterocycles. The van der Waals surface area contributed by atoms with Crippen LogP contribution in [0.5, 0.6) is 5.75 Å². The van der Waals surface area contributed by atoms with Gasteiger partial charge >= 0.3 is 5.97 Å². The minimum absolute atomic E-state index is 0.274. The van der Waals surface area contributed by atoms with Gasteiger partial charge in [0, 0.05) is 5.56 Å². The number of ether oxygens (including phenoxy) is 1. The number of rotatable bonds is 5. The average molecular weight is 372 g/mol.